The lowest BCUT2D eigenvalue weighted by molar-refractivity contribution is 0.105. The molecule has 0 spiro atoms. The summed E-state index contributed by atoms with van der Waals surface area (Å²) in [7, 11) is 0. The Hall–Kier alpha value is -2.42. The summed E-state index contributed by atoms with van der Waals surface area (Å²) >= 11 is 0. The zero-order valence-electron chi connectivity index (χ0n) is 16.4. The lowest BCUT2D eigenvalue weighted by Gasteiger charge is -2.23. The molecule has 0 heterocycles. The maximum atomic E-state index is 5.97. The number of benzene rings is 3. The molecule has 2 heteroatoms. The summed E-state index contributed by atoms with van der Waals surface area (Å²) in [6, 6.07) is 32.1. The summed E-state index contributed by atoms with van der Waals surface area (Å²) in [6.07, 6.45) is 1.29. The van der Waals surface area contributed by atoms with Crippen molar-refractivity contribution in [3.8, 4) is 0 Å². The predicted molar refractivity (Wildman–Crippen MR) is 115 cm³/mol. The Balaban J connectivity index is 1.28. The van der Waals surface area contributed by atoms with E-state index in [4.69, 9.17) is 4.74 Å². The highest BCUT2D eigenvalue weighted by molar-refractivity contribution is 5.17. The highest BCUT2D eigenvalue weighted by Gasteiger charge is 2.38. The standard InChI is InChI=1S/C26H29NO/c1-4-10-22(11-5-1)17-27(18-23-12-6-2-7-13-23)19-25-16-26(25)21-28-20-24-14-8-3-9-15-24/h1-15,25-26H,16-21H2/t25-,26-/m1/s1. The molecule has 3 aromatic rings. The van der Waals surface area contributed by atoms with Gasteiger partial charge in [0.05, 0.1) is 13.2 Å². The van der Waals surface area contributed by atoms with Gasteiger partial charge in [-0.15, -0.1) is 0 Å². The van der Waals surface area contributed by atoms with Crippen LogP contribution >= 0.6 is 0 Å². The monoisotopic (exact) mass is 371 g/mol. The molecule has 3 aromatic carbocycles. The van der Waals surface area contributed by atoms with Gasteiger partial charge in [-0.05, 0) is 34.9 Å². The second-order valence-electron chi connectivity index (χ2n) is 7.90. The fourth-order valence-corrected chi connectivity index (χ4v) is 3.84. The Morgan fingerprint density at radius 2 is 1.14 bits per heavy atom. The highest BCUT2D eigenvalue weighted by atomic mass is 16.5. The third-order valence-corrected chi connectivity index (χ3v) is 5.50. The molecule has 0 bridgehead atoms. The van der Waals surface area contributed by atoms with Gasteiger partial charge in [0, 0.05) is 19.6 Å². The van der Waals surface area contributed by atoms with E-state index >= 15 is 0 Å². The number of hydrogen-bond donors (Lipinski definition) is 0. The van der Waals surface area contributed by atoms with Crippen molar-refractivity contribution in [2.75, 3.05) is 13.2 Å². The van der Waals surface area contributed by atoms with E-state index in [0.29, 0.717) is 5.92 Å². The van der Waals surface area contributed by atoms with E-state index in [1.54, 1.807) is 0 Å². The fraction of sp³-hybridized carbons (Fsp3) is 0.308. The van der Waals surface area contributed by atoms with Crippen molar-refractivity contribution in [3.63, 3.8) is 0 Å². The minimum Gasteiger partial charge on any atom is -0.376 e. The molecule has 144 valence electrons. The van der Waals surface area contributed by atoms with Crippen molar-refractivity contribution in [1.29, 1.82) is 0 Å². The molecule has 1 fully saturated rings. The summed E-state index contributed by atoms with van der Waals surface area (Å²) in [5.74, 6) is 1.46. The molecule has 1 aliphatic carbocycles. The van der Waals surface area contributed by atoms with E-state index in [-0.39, 0.29) is 0 Å². The first-order chi connectivity index (χ1) is 13.9. The SMILES string of the molecule is c1ccc(COC[C@H]2C[C@@H]2CN(Cc2ccccc2)Cc2ccccc2)cc1. The largest absolute Gasteiger partial charge is 0.376 e. The van der Waals surface area contributed by atoms with Gasteiger partial charge in [0.1, 0.15) is 0 Å². The van der Waals surface area contributed by atoms with Crippen molar-refractivity contribution in [3.05, 3.63) is 108 Å². The normalized spacial score (nSPS) is 18.3. The molecule has 2 nitrogen and oxygen atoms in total. The molecule has 4 rings (SSSR count). The van der Waals surface area contributed by atoms with Gasteiger partial charge in [-0.25, -0.2) is 0 Å². The molecule has 0 radical (unpaired) electrons. The first-order valence-corrected chi connectivity index (χ1v) is 10.3. The van der Waals surface area contributed by atoms with E-state index in [1.165, 1.54) is 23.1 Å². The van der Waals surface area contributed by atoms with Gasteiger partial charge in [-0.2, -0.15) is 0 Å². The number of rotatable bonds is 10. The topological polar surface area (TPSA) is 12.5 Å². The Labute approximate surface area is 168 Å². The van der Waals surface area contributed by atoms with Gasteiger partial charge in [-0.3, -0.25) is 4.90 Å². The lowest BCUT2D eigenvalue weighted by Crippen LogP contribution is -2.26. The first kappa shape index (κ1) is 18.9. The van der Waals surface area contributed by atoms with Crippen LogP contribution in [0.1, 0.15) is 23.1 Å². The van der Waals surface area contributed by atoms with E-state index in [2.05, 4.69) is 95.9 Å². The number of hydrogen-bond acceptors (Lipinski definition) is 2. The van der Waals surface area contributed by atoms with Crippen LogP contribution in [0.5, 0.6) is 0 Å². The molecule has 0 amide bonds. The molecule has 0 unspecified atom stereocenters. The maximum Gasteiger partial charge on any atom is 0.0717 e. The van der Waals surface area contributed by atoms with Gasteiger partial charge in [0.15, 0.2) is 0 Å². The number of ether oxygens (including phenoxy) is 1. The Morgan fingerprint density at radius 3 is 1.68 bits per heavy atom. The van der Waals surface area contributed by atoms with Crippen molar-refractivity contribution >= 4 is 0 Å². The Bertz CT molecular complexity index is 777. The summed E-state index contributed by atoms with van der Waals surface area (Å²) in [5, 5.41) is 0. The Kier molecular flexibility index (Phi) is 6.54. The smallest absolute Gasteiger partial charge is 0.0717 e. The van der Waals surface area contributed by atoms with E-state index in [1.807, 2.05) is 0 Å². The predicted octanol–water partition coefficient (Wildman–Crippen LogP) is 5.54. The lowest BCUT2D eigenvalue weighted by atomic mass is 10.1. The summed E-state index contributed by atoms with van der Waals surface area (Å²) in [4.78, 5) is 2.59. The molecule has 0 N–H and O–H groups in total. The second-order valence-corrected chi connectivity index (χ2v) is 7.90. The molecular weight excluding hydrogens is 342 g/mol. The summed E-state index contributed by atoms with van der Waals surface area (Å²) in [5.41, 5.74) is 4.03. The average Bonchev–Trinajstić information content (AvgIpc) is 3.48. The van der Waals surface area contributed by atoms with E-state index in [0.717, 1.165) is 38.8 Å². The maximum absolute atomic E-state index is 5.97. The molecule has 1 aliphatic rings. The van der Waals surface area contributed by atoms with E-state index in [9.17, 15) is 0 Å². The minimum atomic E-state index is 0.706. The van der Waals surface area contributed by atoms with Crippen molar-refractivity contribution in [2.45, 2.75) is 26.1 Å². The molecule has 28 heavy (non-hydrogen) atoms. The van der Waals surface area contributed by atoms with Crippen LogP contribution in [0.4, 0.5) is 0 Å². The van der Waals surface area contributed by atoms with Gasteiger partial charge in [0.2, 0.25) is 0 Å². The van der Waals surface area contributed by atoms with Crippen LogP contribution in [0, 0.1) is 11.8 Å². The zero-order valence-corrected chi connectivity index (χ0v) is 16.4. The fourth-order valence-electron chi connectivity index (χ4n) is 3.84. The molecule has 2 atom stereocenters. The van der Waals surface area contributed by atoms with Crippen molar-refractivity contribution in [1.82, 2.24) is 4.90 Å². The Morgan fingerprint density at radius 1 is 0.643 bits per heavy atom. The van der Waals surface area contributed by atoms with Gasteiger partial charge < -0.3 is 4.74 Å². The van der Waals surface area contributed by atoms with Gasteiger partial charge >= 0.3 is 0 Å². The molecule has 0 aromatic heterocycles. The third-order valence-electron chi connectivity index (χ3n) is 5.50. The van der Waals surface area contributed by atoms with Crippen molar-refractivity contribution < 1.29 is 4.74 Å². The third kappa shape index (κ3) is 5.79. The van der Waals surface area contributed by atoms with Crippen LogP contribution in [0.15, 0.2) is 91.0 Å². The first-order valence-electron chi connectivity index (χ1n) is 10.3. The molecular formula is C26H29NO. The van der Waals surface area contributed by atoms with Crippen LogP contribution in [-0.4, -0.2) is 18.1 Å². The van der Waals surface area contributed by atoms with Crippen LogP contribution in [0.2, 0.25) is 0 Å². The summed E-state index contributed by atoms with van der Waals surface area (Å²) in [6.45, 7) is 4.75. The quantitative estimate of drug-likeness (QED) is 0.464. The number of nitrogens with zero attached hydrogens (tertiary/aromatic N) is 1. The summed E-state index contributed by atoms with van der Waals surface area (Å²) < 4.78 is 5.97. The van der Waals surface area contributed by atoms with Gasteiger partial charge in [0.25, 0.3) is 0 Å². The van der Waals surface area contributed by atoms with Crippen LogP contribution in [0.25, 0.3) is 0 Å². The van der Waals surface area contributed by atoms with E-state index < -0.39 is 0 Å². The highest BCUT2D eigenvalue weighted by Crippen LogP contribution is 2.39. The second kappa shape index (κ2) is 9.68. The van der Waals surface area contributed by atoms with Crippen LogP contribution in [0.3, 0.4) is 0 Å². The minimum absolute atomic E-state index is 0.706. The van der Waals surface area contributed by atoms with Gasteiger partial charge in [-0.1, -0.05) is 91.0 Å². The zero-order chi connectivity index (χ0) is 19.0. The van der Waals surface area contributed by atoms with Crippen LogP contribution in [-0.2, 0) is 24.4 Å². The molecule has 0 aliphatic heterocycles. The van der Waals surface area contributed by atoms with Crippen molar-refractivity contribution in [2.24, 2.45) is 11.8 Å². The molecule has 1 saturated carbocycles. The van der Waals surface area contributed by atoms with Crippen LogP contribution < -0.4 is 0 Å². The molecule has 0 saturated heterocycles. The average molecular weight is 372 g/mol.